The van der Waals surface area contributed by atoms with Crippen LogP contribution in [0.25, 0.3) is 0 Å². The summed E-state index contributed by atoms with van der Waals surface area (Å²) in [5, 5.41) is 5.54. The van der Waals surface area contributed by atoms with E-state index in [-0.39, 0.29) is 18.2 Å². The van der Waals surface area contributed by atoms with E-state index in [0.717, 1.165) is 35.8 Å². The summed E-state index contributed by atoms with van der Waals surface area (Å²) in [6, 6.07) is 13.0. The van der Waals surface area contributed by atoms with Gasteiger partial charge in [-0.1, -0.05) is 0 Å². The van der Waals surface area contributed by atoms with Gasteiger partial charge in [0.25, 0.3) is 0 Å². The fraction of sp³-hybridized carbons (Fsp3) is 0.364. The van der Waals surface area contributed by atoms with E-state index in [1.165, 1.54) is 0 Å². The molecule has 150 valence electrons. The molecular formula is C22H29N3O3. The third-order valence-electron chi connectivity index (χ3n) is 4.38. The van der Waals surface area contributed by atoms with Crippen LogP contribution in [0.1, 0.15) is 32.8 Å². The Bertz CT molecular complexity index is 799. The lowest BCUT2D eigenvalue weighted by Crippen LogP contribution is -2.23. The van der Waals surface area contributed by atoms with Gasteiger partial charge in [0.15, 0.2) is 0 Å². The van der Waals surface area contributed by atoms with Crippen LogP contribution in [0.3, 0.4) is 0 Å². The van der Waals surface area contributed by atoms with Gasteiger partial charge in [0.2, 0.25) is 11.8 Å². The minimum absolute atomic E-state index is 0.246. The molecule has 0 aliphatic carbocycles. The summed E-state index contributed by atoms with van der Waals surface area (Å²) >= 11 is 0. The van der Waals surface area contributed by atoms with Gasteiger partial charge in [0.05, 0.1) is 6.61 Å². The van der Waals surface area contributed by atoms with Crippen LogP contribution in [0.4, 0.5) is 17.1 Å². The van der Waals surface area contributed by atoms with Gasteiger partial charge < -0.3 is 20.3 Å². The summed E-state index contributed by atoms with van der Waals surface area (Å²) in [5.41, 5.74) is 3.43. The molecular weight excluding hydrogens is 354 g/mol. The van der Waals surface area contributed by atoms with Gasteiger partial charge in [-0.2, -0.15) is 0 Å². The van der Waals surface area contributed by atoms with E-state index in [2.05, 4.69) is 29.4 Å². The van der Waals surface area contributed by atoms with Gasteiger partial charge in [-0.3, -0.25) is 9.59 Å². The highest BCUT2D eigenvalue weighted by Crippen LogP contribution is 2.23. The number of ether oxygens (including phenoxy) is 1. The smallest absolute Gasteiger partial charge is 0.233 e. The fourth-order valence-corrected chi connectivity index (χ4v) is 2.92. The number of rotatable bonds is 9. The third-order valence-corrected chi connectivity index (χ3v) is 4.38. The highest BCUT2D eigenvalue weighted by Gasteiger charge is 2.12. The van der Waals surface area contributed by atoms with Gasteiger partial charge >= 0.3 is 0 Å². The summed E-state index contributed by atoms with van der Waals surface area (Å²) < 4.78 is 5.37. The third kappa shape index (κ3) is 6.01. The number of hydrogen-bond acceptors (Lipinski definition) is 4. The molecule has 2 amide bonds. The maximum atomic E-state index is 12.2. The Kier molecular flexibility index (Phi) is 7.87. The average molecular weight is 383 g/mol. The predicted molar refractivity (Wildman–Crippen MR) is 114 cm³/mol. The minimum atomic E-state index is -0.362. The molecule has 2 N–H and O–H groups in total. The molecule has 0 bridgehead atoms. The van der Waals surface area contributed by atoms with Crippen molar-refractivity contribution >= 4 is 28.9 Å². The maximum Gasteiger partial charge on any atom is 0.233 e. The molecule has 0 saturated heterocycles. The molecule has 6 heteroatoms. The molecule has 2 aromatic carbocycles. The Balaban J connectivity index is 1.91. The zero-order chi connectivity index (χ0) is 20.5. The van der Waals surface area contributed by atoms with Crippen LogP contribution in [-0.4, -0.2) is 31.5 Å². The van der Waals surface area contributed by atoms with E-state index in [9.17, 15) is 9.59 Å². The predicted octanol–water partition coefficient (Wildman–Crippen LogP) is 4.21. The van der Waals surface area contributed by atoms with Crippen molar-refractivity contribution in [3.05, 3.63) is 48.0 Å². The maximum absolute atomic E-state index is 12.2. The molecule has 0 saturated carbocycles. The van der Waals surface area contributed by atoms with Crippen molar-refractivity contribution in [2.75, 3.05) is 35.2 Å². The molecule has 6 nitrogen and oxygen atoms in total. The second kappa shape index (κ2) is 10.3. The van der Waals surface area contributed by atoms with Gasteiger partial charge in [0.1, 0.15) is 12.2 Å². The normalized spacial score (nSPS) is 10.3. The van der Waals surface area contributed by atoms with Crippen molar-refractivity contribution in [2.45, 2.75) is 34.1 Å². The molecule has 28 heavy (non-hydrogen) atoms. The van der Waals surface area contributed by atoms with Crippen molar-refractivity contribution < 1.29 is 14.3 Å². The first-order chi connectivity index (χ1) is 13.5. The quantitative estimate of drug-likeness (QED) is 0.637. The molecule has 0 atom stereocenters. The number of aryl methyl sites for hydroxylation is 1. The highest BCUT2D eigenvalue weighted by atomic mass is 16.5. The van der Waals surface area contributed by atoms with E-state index in [0.29, 0.717) is 12.3 Å². The number of benzene rings is 2. The standard InChI is InChI=1S/C22H29N3O3/c1-5-25(6-2)18-10-13-20(16(4)14-18)24-22(27)15-21(26)23-17-8-11-19(12-9-17)28-7-3/h8-14H,5-7,15H2,1-4H3,(H,23,26)(H,24,27). The lowest BCUT2D eigenvalue weighted by atomic mass is 10.1. The van der Waals surface area contributed by atoms with Crippen molar-refractivity contribution in [1.29, 1.82) is 0 Å². The molecule has 0 unspecified atom stereocenters. The second-order valence-electron chi connectivity index (χ2n) is 6.40. The summed E-state index contributed by atoms with van der Waals surface area (Å²) in [4.78, 5) is 26.6. The number of hydrogen-bond donors (Lipinski definition) is 2. The Morgan fingerprint density at radius 1 is 0.929 bits per heavy atom. The van der Waals surface area contributed by atoms with E-state index in [4.69, 9.17) is 4.74 Å². The SMILES string of the molecule is CCOc1ccc(NC(=O)CC(=O)Nc2ccc(N(CC)CC)cc2C)cc1. The monoisotopic (exact) mass is 383 g/mol. The first-order valence-electron chi connectivity index (χ1n) is 9.64. The topological polar surface area (TPSA) is 70.7 Å². The Morgan fingerprint density at radius 2 is 1.57 bits per heavy atom. The Labute approximate surface area is 166 Å². The van der Waals surface area contributed by atoms with Gasteiger partial charge in [-0.05, 0) is 75.7 Å². The summed E-state index contributed by atoms with van der Waals surface area (Å²) in [7, 11) is 0. The zero-order valence-corrected chi connectivity index (χ0v) is 17.0. The van der Waals surface area contributed by atoms with Crippen LogP contribution in [-0.2, 0) is 9.59 Å². The molecule has 0 fully saturated rings. The van der Waals surface area contributed by atoms with Crippen LogP contribution in [0.15, 0.2) is 42.5 Å². The molecule has 0 aliphatic heterocycles. The number of carbonyl (C=O) groups excluding carboxylic acids is 2. The second-order valence-corrected chi connectivity index (χ2v) is 6.40. The molecule has 2 aromatic rings. The van der Waals surface area contributed by atoms with Crippen LogP contribution >= 0.6 is 0 Å². The first-order valence-corrected chi connectivity index (χ1v) is 9.64. The lowest BCUT2D eigenvalue weighted by Gasteiger charge is -2.22. The number of carbonyl (C=O) groups is 2. The molecule has 0 radical (unpaired) electrons. The Hall–Kier alpha value is -3.02. The van der Waals surface area contributed by atoms with E-state index in [1.807, 2.05) is 32.0 Å². The summed E-state index contributed by atoms with van der Waals surface area (Å²) in [6.07, 6.45) is -0.246. The molecule has 2 rings (SSSR count). The van der Waals surface area contributed by atoms with Crippen LogP contribution in [0, 0.1) is 6.92 Å². The molecule has 0 aliphatic rings. The Morgan fingerprint density at radius 3 is 2.14 bits per heavy atom. The zero-order valence-electron chi connectivity index (χ0n) is 17.0. The van der Waals surface area contributed by atoms with Crippen molar-refractivity contribution in [3.8, 4) is 5.75 Å². The van der Waals surface area contributed by atoms with Crippen LogP contribution in [0.5, 0.6) is 5.75 Å². The number of amides is 2. The lowest BCUT2D eigenvalue weighted by molar-refractivity contribution is -0.123. The number of nitrogens with one attached hydrogen (secondary N) is 2. The largest absolute Gasteiger partial charge is 0.494 e. The van der Waals surface area contributed by atoms with E-state index >= 15 is 0 Å². The fourth-order valence-electron chi connectivity index (χ4n) is 2.92. The van der Waals surface area contributed by atoms with Crippen molar-refractivity contribution in [3.63, 3.8) is 0 Å². The van der Waals surface area contributed by atoms with Crippen molar-refractivity contribution in [2.24, 2.45) is 0 Å². The molecule has 0 heterocycles. The summed E-state index contributed by atoms with van der Waals surface area (Å²) in [6.45, 7) is 10.5. The van der Waals surface area contributed by atoms with Crippen LogP contribution < -0.4 is 20.3 Å². The average Bonchev–Trinajstić information content (AvgIpc) is 2.66. The molecule has 0 aromatic heterocycles. The van der Waals surface area contributed by atoms with Crippen molar-refractivity contribution in [1.82, 2.24) is 0 Å². The van der Waals surface area contributed by atoms with Crippen LogP contribution in [0.2, 0.25) is 0 Å². The number of anilines is 3. The van der Waals surface area contributed by atoms with Gasteiger partial charge in [0, 0.05) is 30.2 Å². The summed E-state index contributed by atoms with van der Waals surface area (Å²) in [5.74, 6) is 0.0306. The van der Waals surface area contributed by atoms with Gasteiger partial charge in [-0.25, -0.2) is 0 Å². The highest BCUT2D eigenvalue weighted by molar-refractivity contribution is 6.08. The van der Waals surface area contributed by atoms with E-state index < -0.39 is 0 Å². The first kappa shape index (κ1) is 21.3. The van der Waals surface area contributed by atoms with Gasteiger partial charge in [-0.15, -0.1) is 0 Å². The molecule has 0 spiro atoms. The van der Waals surface area contributed by atoms with E-state index in [1.54, 1.807) is 24.3 Å². The minimum Gasteiger partial charge on any atom is -0.494 e. The number of nitrogens with zero attached hydrogens (tertiary/aromatic N) is 1.